The number of hydrogen-bond acceptors (Lipinski definition) is 9. The third kappa shape index (κ3) is 6.06. The molecule has 4 rings (SSSR count). The van der Waals surface area contributed by atoms with Gasteiger partial charge in [-0.2, -0.15) is 0 Å². The average molecular weight is 545 g/mol. The number of nitrogen functional groups attached to an aromatic ring is 2. The second-order valence-corrected chi connectivity index (χ2v) is 10.1. The van der Waals surface area contributed by atoms with Crippen molar-refractivity contribution < 1.29 is 26.7 Å². The molecular formula is C25H26F2N6O4S. The van der Waals surface area contributed by atoms with Gasteiger partial charge in [0.2, 0.25) is 10.0 Å². The molecule has 0 aliphatic carbocycles. The Labute approximate surface area is 218 Å². The predicted octanol–water partition coefficient (Wildman–Crippen LogP) is 3.79. The van der Waals surface area contributed by atoms with Gasteiger partial charge < -0.3 is 20.9 Å². The van der Waals surface area contributed by atoms with Crippen LogP contribution in [0.25, 0.3) is 33.4 Å². The summed E-state index contributed by atoms with van der Waals surface area (Å²) in [5.41, 5.74) is 13.1. The highest BCUT2D eigenvalue weighted by Crippen LogP contribution is 2.37. The van der Waals surface area contributed by atoms with Gasteiger partial charge in [0.1, 0.15) is 29.5 Å². The van der Waals surface area contributed by atoms with Gasteiger partial charge in [0.25, 0.3) is 0 Å². The predicted molar refractivity (Wildman–Crippen MR) is 142 cm³/mol. The van der Waals surface area contributed by atoms with E-state index in [2.05, 4.69) is 19.7 Å². The average Bonchev–Trinajstić information content (AvgIpc) is 2.89. The second-order valence-electron chi connectivity index (χ2n) is 8.25. The molecule has 0 spiro atoms. The number of pyridine rings is 1. The summed E-state index contributed by atoms with van der Waals surface area (Å²) in [4.78, 5) is 13.1. The van der Waals surface area contributed by atoms with Crippen molar-refractivity contribution in [1.82, 2.24) is 15.0 Å². The standard InChI is InChI=1S/C25H26F2N6O4S/c1-36-9-10-37-20-13-16(17-4-2-5-19(22(17)27)33-38(34,35)11-3-8-26)12-18-23(20)31-25(32-24(18)29)15-6-7-21(28)30-14-15/h2,4-7,12-14,33H,3,8-11H2,1H3,(H2,28,30)(H2,29,31,32). The van der Waals surface area contributed by atoms with Gasteiger partial charge >= 0.3 is 0 Å². The van der Waals surface area contributed by atoms with Gasteiger partial charge in [-0.3, -0.25) is 9.11 Å². The van der Waals surface area contributed by atoms with Gasteiger partial charge in [0.05, 0.1) is 24.7 Å². The fourth-order valence-electron chi connectivity index (χ4n) is 3.69. The highest BCUT2D eigenvalue weighted by atomic mass is 32.2. The normalized spacial score (nSPS) is 11.6. The van der Waals surface area contributed by atoms with Crippen LogP contribution >= 0.6 is 0 Å². The van der Waals surface area contributed by atoms with Crippen molar-refractivity contribution in [3.05, 3.63) is 54.5 Å². The highest BCUT2D eigenvalue weighted by Gasteiger charge is 2.19. The Morgan fingerprint density at radius 3 is 2.58 bits per heavy atom. The number of alkyl halides is 1. The lowest BCUT2D eigenvalue weighted by Crippen LogP contribution is -2.18. The minimum Gasteiger partial charge on any atom is -0.489 e. The van der Waals surface area contributed by atoms with Crippen LogP contribution in [-0.4, -0.2) is 56.1 Å². The van der Waals surface area contributed by atoms with Crippen molar-refractivity contribution in [3.63, 3.8) is 0 Å². The molecule has 0 bridgehead atoms. The van der Waals surface area contributed by atoms with Gasteiger partial charge in [-0.1, -0.05) is 12.1 Å². The molecule has 0 atom stereocenters. The van der Waals surface area contributed by atoms with E-state index < -0.39 is 28.3 Å². The van der Waals surface area contributed by atoms with Crippen LogP contribution in [-0.2, 0) is 14.8 Å². The van der Waals surface area contributed by atoms with Crippen molar-refractivity contribution in [2.45, 2.75) is 6.42 Å². The number of nitrogens with two attached hydrogens (primary N) is 2. The first-order valence-electron chi connectivity index (χ1n) is 11.5. The van der Waals surface area contributed by atoms with Gasteiger partial charge in [0, 0.05) is 29.8 Å². The summed E-state index contributed by atoms with van der Waals surface area (Å²) in [6.07, 6.45) is 1.32. The van der Waals surface area contributed by atoms with Crippen LogP contribution in [0.4, 0.5) is 26.1 Å². The lowest BCUT2D eigenvalue weighted by Gasteiger charge is -2.15. The SMILES string of the molecule is COCCOc1cc(-c2cccc(NS(=O)(=O)CCCF)c2F)cc2c(N)nc(-c3ccc(N)nc3)nc12. The molecule has 38 heavy (non-hydrogen) atoms. The molecule has 2 heterocycles. The van der Waals surface area contributed by atoms with Crippen molar-refractivity contribution in [2.24, 2.45) is 0 Å². The fourth-order valence-corrected chi connectivity index (χ4v) is 4.77. The van der Waals surface area contributed by atoms with Crippen LogP contribution in [0.1, 0.15) is 6.42 Å². The monoisotopic (exact) mass is 544 g/mol. The topological polar surface area (TPSA) is 155 Å². The molecule has 0 amide bonds. The first-order chi connectivity index (χ1) is 18.2. The molecule has 0 radical (unpaired) electrons. The Kier molecular flexibility index (Phi) is 8.17. The zero-order valence-electron chi connectivity index (χ0n) is 20.4. The minimum absolute atomic E-state index is 0.0837. The quantitative estimate of drug-likeness (QED) is 0.239. The molecule has 200 valence electrons. The number of aromatic nitrogens is 3. The molecule has 13 heteroatoms. The molecule has 0 fully saturated rings. The van der Waals surface area contributed by atoms with Crippen LogP contribution < -0.4 is 20.9 Å². The summed E-state index contributed by atoms with van der Waals surface area (Å²) in [5.74, 6) is -0.249. The largest absolute Gasteiger partial charge is 0.489 e. The van der Waals surface area contributed by atoms with E-state index in [1.807, 2.05) is 0 Å². The first kappa shape index (κ1) is 26.9. The number of rotatable bonds is 11. The van der Waals surface area contributed by atoms with Crippen LogP contribution in [0, 0.1) is 5.82 Å². The Balaban J connectivity index is 1.82. The van der Waals surface area contributed by atoms with Crippen molar-refractivity contribution >= 4 is 38.2 Å². The number of hydrogen-bond donors (Lipinski definition) is 3. The summed E-state index contributed by atoms with van der Waals surface area (Å²) in [6.45, 7) is -0.341. The van der Waals surface area contributed by atoms with Crippen LogP contribution in [0.15, 0.2) is 48.7 Å². The molecular weight excluding hydrogens is 518 g/mol. The van der Waals surface area contributed by atoms with Crippen molar-refractivity contribution in [2.75, 3.05) is 48.9 Å². The minimum atomic E-state index is -3.94. The number of sulfonamides is 1. The highest BCUT2D eigenvalue weighted by molar-refractivity contribution is 7.92. The Bertz CT molecular complexity index is 1550. The second kappa shape index (κ2) is 11.5. The number of benzene rings is 2. The zero-order valence-corrected chi connectivity index (χ0v) is 21.3. The summed E-state index contributed by atoms with van der Waals surface area (Å²) in [5, 5.41) is 0.399. The van der Waals surface area contributed by atoms with Crippen LogP contribution in [0.3, 0.4) is 0 Å². The zero-order chi connectivity index (χ0) is 27.3. The number of fused-ring (bicyclic) bond motifs is 1. The maximum atomic E-state index is 15.5. The lowest BCUT2D eigenvalue weighted by atomic mass is 10.0. The molecule has 0 aliphatic heterocycles. The number of nitrogens with zero attached hydrogens (tertiary/aromatic N) is 3. The summed E-state index contributed by atoms with van der Waals surface area (Å²) >= 11 is 0. The Morgan fingerprint density at radius 1 is 1.05 bits per heavy atom. The van der Waals surface area contributed by atoms with E-state index in [1.165, 1.54) is 31.5 Å². The smallest absolute Gasteiger partial charge is 0.232 e. The molecule has 0 saturated carbocycles. The van der Waals surface area contributed by atoms with E-state index in [-0.39, 0.29) is 36.7 Å². The third-order valence-corrected chi connectivity index (χ3v) is 6.86. The van der Waals surface area contributed by atoms with Crippen molar-refractivity contribution in [1.29, 1.82) is 0 Å². The van der Waals surface area contributed by atoms with E-state index >= 15 is 4.39 Å². The van der Waals surface area contributed by atoms with E-state index in [0.717, 1.165) is 0 Å². The maximum Gasteiger partial charge on any atom is 0.232 e. The molecule has 2 aromatic heterocycles. The van der Waals surface area contributed by atoms with Crippen LogP contribution in [0.2, 0.25) is 0 Å². The number of halogens is 2. The van der Waals surface area contributed by atoms with E-state index in [9.17, 15) is 12.8 Å². The number of methoxy groups -OCH3 is 1. The maximum absolute atomic E-state index is 15.5. The first-order valence-corrected chi connectivity index (χ1v) is 13.2. The van der Waals surface area contributed by atoms with Gasteiger partial charge in [-0.25, -0.2) is 27.8 Å². The number of anilines is 3. The number of ether oxygens (including phenoxy) is 2. The van der Waals surface area contributed by atoms with Gasteiger partial charge in [-0.15, -0.1) is 0 Å². The van der Waals surface area contributed by atoms with Gasteiger partial charge in [-0.05, 0) is 42.3 Å². The lowest BCUT2D eigenvalue weighted by molar-refractivity contribution is 0.147. The van der Waals surface area contributed by atoms with Gasteiger partial charge in [0.15, 0.2) is 11.6 Å². The molecule has 5 N–H and O–H groups in total. The third-order valence-electron chi connectivity index (χ3n) is 5.51. The molecule has 10 nitrogen and oxygen atoms in total. The van der Waals surface area contributed by atoms with Crippen LogP contribution in [0.5, 0.6) is 5.75 Å². The molecule has 2 aromatic carbocycles. The molecule has 4 aromatic rings. The molecule has 0 aliphatic rings. The van der Waals surface area contributed by atoms with E-state index in [1.54, 1.807) is 24.3 Å². The van der Waals surface area contributed by atoms with E-state index in [0.29, 0.717) is 39.4 Å². The van der Waals surface area contributed by atoms with Crippen molar-refractivity contribution in [3.8, 4) is 28.3 Å². The summed E-state index contributed by atoms with van der Waals surface area (Å²) in [6, 6.07) is 10.8. The molecule has 0 unspecified atom stereocenters. The Morgan fingerprint density at radius 2 is 1.87 bits per heavy atom. The summed E-state index contributed by atoms with van der Waals surface area (Å²) < 4.78 is 65.6. The number of nitrogens with one attached hydrogen (secondary N) is 1. The summed E-state index contributed by atoms with van der Waals surface area (Å²) in [7, 11) is -2.41. The fraction of sp³-hybridized carbons (Fsp3) is 0.240. The Hall–Kier alpha value is -4.10. The van der Waals surface area contributed by atoms with E-state index in [4.69, 9.17) is 20.9 Å². The molecule has 0 saturated heterocycles.